The maximum atomic E-state index is 11.6. The standard InChI is InChI=1S/C17H17N5O/c18-7-9-20-17(23)10-21-15-5-3-4-13-11-22(12-14(13)15)16-6-1-2-8-19-16/h1-6,8,21H,9-12H2,(H,20,23). The van der Waals surface area contributed by atoms with E-state index in [4.69, 9.17) is 5.26 Å². The van der Waals surface area contributed by atoms with E-state index < -0.39 is 0 Å². The van der Waals surface area contributed by atoms with Crippen molar-refractivity contribution in [1.82, 2.24) is 10.3 Å². The molecule has 0 saturated heterocycles. The fourth-order valence-electron chi connectivity index (χ4n) is 2.67. The van der Waals surface area contributed by atoms with Crippen molar-refractivity contribution >= 4 is 17.4 Å². The van der Waals surface area contributed by atoms with Crippen LogP contribution in [0.5, 0.6) is 0 Å². The van der Waals surface area contributed by atoms with Gasteiger partial charge in [0, 0.05) is 25.0 Å². The number of hydrogen-bond acceptors (Lipinski definition) is 5. The Labute approximate surface area is 134 Å². The monoisotopic (exact) mass is 307 g/mol. The predicted octanol–water partition coefficient (Wildman–Crippen LogP) is 1.65. The number of nitrogens with one attached hydrogen (secondary N) is 2. The Morgan fingerprint density at radius 3 is 2.96 bits per heavy atom. The lowest BCUT2D eigenvalue weighted by Gasteiger charge is -2.16. The Morgan fingerprint density at radius 2 is 2.17 bits per heavy atom. The van der Waals surface area contributed by atoms with Crippen molar-refractivity contribution in [2.45, 2.75) is 13.1 Å². The Kier molecular flexibility index (Phi) is 4.39. The summed E-state index contributed by atoms with van der Waals surface area (Å²) in [5.41, 5.74) is 3.37. The maximum Gasteiger partial charge on any atom is 0.240 e. The normalized spacial score (nSPS) is 12.4. The van der Waals surface area contributed by atoms with Crippen molar-refractivity contribution in [1.29, 1.82) is 5.26 Å². The lowest BCUT2D eigenvalue weighted by atomic mass is 10.1. The molecular formula is C17H17N5O. The van der Waals surface area contributed by atoms with E-state index in [0.29, 0.717) is 0 Å². The minimum Gasteiger partial charge on any atom is -0.376 e. The highest BCUT2D eigenvalue weighted by molar-refractivity contribution is 5.81. The van der Waals surface area contributed by atoms with E-state index in [0.717, 1.165) is 24.6 Å². The van der Waals surface area contributed by atoms with Gasteiger partial charge < -0.3 is 15.5 Å². The molecule has 2 heterocycles. The zero-order chi connectivity index (χ0) is 16.1. The van der Waals surface area contributed by atoms with E-state index in [1.54, 1.807) is 6.20 Å². The third-order valence-electron chi connectivity index (χ3n) is 3.76. The molecule has 0 bridgehead atoms. The second kappa shape index (κ2) is 6.79. The Balaban J connectivity index is 1.69. The highest BCUT2D eigenvalue weighted by Crippen LogP contribution is 2.31. The summed E-state index contributed by atoms with van der Waals surface area (Å²) in [5.74, 6) is 0.755. The summed E-state index contributed by atoms with van der Waals surface area (Å²) >= 11 is 0. The first-order valence-corrected chi connectivity index (χ1v) is 7.42. The topological polar surface area (TPSA) is 81.0 Å². The van der Waals surface area contributed by atoms with Crippen molar-refractivity contribution in [2.24, 2.45) is 0 Å². The molecule has 116 valence electrons. The number of rotatable bonds is 5. The minimum atomic E-state index is -0.191. The molecule has 1 aromatic heterocycles. The molecule has 0 spiro atoms. The van der Waals surface area contributed by atoms with Gasteiger partial charge in [0.1, 0.15) is 12.4 Å². The number of fused-ring (bicyclic) bond motifs is 1. The van der Waals surface area contributed by atoms with Crippen LogP contribution in [0.3, 0.4) is 0 Å². The van der Waals surface area contributed by atoms with Gasteiger partial charge in [0.2, 0.25) is 5.91 Å². The number of pyridine rings is 1. The van der Waals surface area contributed by atoms with Gasteiger partial charge in [-0.1, -0.05) is 18.2 Å². The van der Waals surface area contributed by atoms with Crippen molar-refractivity contribution in [3.8, 4) is 6.07 Å². The van der Waals surface area contributed by atoms with Gasteiger partial charge in [0.05, 0.1) is 12.6 Å². The molecule has 6 heteroatoms. The fraction of sp³-hybridized carbons (Fsp3) is 0.235. The summed E-state index contributed by atoms with van der Waals surface area (Å²) < 4.78 is 0. The molecule has 0 aliphatic carbocycles. The summed E-state index contributed by atoms with van der Waals surface area (Å²) in [4.78, 5) is 18.2. The minimum absolute atomic E-state index is 0.0286. The fourth-order valence-corrected chi connectivity index (χ4v) is 2.67. The number of anilines is 2. The largest absolute Gasteiger partial charge is 0.376 e. The number of benzene rings is 1. The third-order valence-corrected chi connectivity index (χ3v) is 3.76. The second-order valence-electron chi connectivity index (χ2n) is 5.28. The number of carbonyl (C=O) groups excluding carboxylic acids is 1. The molecule has 0 radical (unpaired) electrons. The first-order valence-electron chi connectivity index (χ1n) is 7.42. The molecule has 23 heavy (non-hydrogen) atoms. The van der Waals surface area contributed by atoms with E-state index in [1.165, 1.54) is 11.1 Å². The van der Waals surface area contributed by atoms with Gasteiger partial charge >= 0.3 is 0 Å². The van der Waals surface area contributed by atoms with Crippen molar-refractivity contribution in [3.05, 3.63) is 53.7 Å². The number of hydrogen-bond donors (Lipinski definition) is 2. The van der Waals surface area contributed by atoms with Gasteiger partial charge in [-0.3, -0.25) is 4.79 Å². The van der Waals surface area contributed by atoms with Gasteiger partial charge in [0.15, 0.2) is 0 Å². The highest BCUT2D eigenvalue weighted by atomic mass is 16.1. The van der Waals surface area contributed by atoms with Crippen LogP contribution in [0.15, 0.2) is 42.6 Å². The molecule has 0 atom stereocenters. The zero-order valence-corrected chi connectivity index (χ0v) is 12.6. The maximum absolute atomic E-state index is 11.6. The lowest BCUT2D eigenvalue weighted by molar-refractivity contribution is -0.119. The Bertz CT molecular complexity index is 738. The molecule has 0 fully saturated rings. The summed E-state index contributed by atoms with van der Waals surface area (Å²) in [6, 6.07) is 13.8. The van der Waals surface area contributed by atoms with Crippen LogP contribution in [0.1, 0.15) is 11.1 Å². The molecule has 0 unspecified atom stereocenters. The lowest BCUT2D eigenvalue weighted by Crippen LogP contribution is -2.30. The van der Waals surface area contributed by atoms with Gasteiger partial charge in [-0.25, -0.2) is 4.98 Å². The second-order valence-corrected chi connectivity index (χ2v) is 5.28. The number of aromatic nitrogens is 1. The van der Waals surface area contributed by atoms with Crippen molar-refractivity contribution < 1.29 is 4.79 Å². The average Bonchev–Trinajstić information content (AvgIpc) is 3.03. The summed E-state index contributed by atoms with van der Waals surface area (Å²) in [5, 5.41) is 14.1. The summed E-state index contributed by atoms with van der Waals surface area (Å²) in [7, 11) is 0. The van der Waals surface area contributed by atoms with E-state index >= 15 is 0 Å². The summed E-state index contributed by atoms with van der Waals surface area (Å²) in [6.45, 7) is 1.75. The van der Waals surface area contributed by atoms with Crippen molar-refractivity contribution in [2.75, 3.05) is 23.3 Å². The molecular weight excluding hydrogens is 290 g/mol. The average molecular weight is 307 g/mol. The molecule has 3 rings (SSSR count). The molecule has 1 aromatic carbocycles. The van der Waals surface area contributed by atoms with Crippen LogP contribution in [0.25, 0.3) is 0 Å². The molecule has 2 N–H and O–H groups in total. The van der Waals surface area contributed by atoms with E-state index in [9.17, 15) is 4.79 Å². The number of nitrogens with zero attached hydrogens (tertiary/aromatic N) is 3. The SMILES string of the molecule is N#CCNC(=O)CNc1cccc2c1CN(c1ccccn1)C2. The predicted molar refractivity (Wildman–Crippen MR) is 87.7 cm³/mol. The van der Waals surface area contributed by atoms with Crippen LogP contribution >= 0.6 is 0 Å². The van der Waals surface area contributed by atoms with Crippen LogP contribution in [0.4, 0.5) is 11.5 Å². The molecule has 1 aliphatic heterocycles. The molecule has 6 nitrogen and oxygen atoms in total. The van der Waals surface area contributed by atoms with Crippen LogP contribution in [0.2, 0.25) is 0 Å². The van der Waals surface area contributed by atoms with Crippen LogP contribution in [0, 0.1) is 11.3 Å². The van der Waals surface area contributed by atoms with Crippen molar-refractivity contribution in [3.63, 3.8) is 0 Å². The van der Waals surface area contributed by atoms with Crippen LogP contribution in [-0.4, -0.2) is 24.0 Å². The van der Waals surface area contributed by atoms with Gasteiger partial charge in [-0.15, -0.1) is 0 Å². The van der Waals surface area contributed by atoms with E-state index in [-0.39, 0.29) is 19.0 Å². The highest BCUT2D eigenvalue weighted by Gasteiger charge is 2.22. The third kappa shape index (κ3) is 3.40. The van der Waals surface area contributed by atoms with E-state index in [2.05, 4.69) is 26.6 Å². The Hall–Kier alpha value is -3.07. The first kappa shape index (κ1) is 14.9. The molecule has 0 saturated carbocycles. The van der Waals surface area contributed by atoms with Crippen LogP contribution in [-0.2, 0) is 17.9 Å². The molecule has 2 aromatic rings. The van der Waals surface area contributed by atoms with Crippen LogP contribution < -0.4 is 15.5 Å². The number of nitriles is 1. The summed E-state index contributed by atoms with van der Waals surface area (Å²) in [6.07, 6.45) is 1.79. The zero-order valence-electron chi connectivity index (χ0n) is 12.6. The first-order chi connectivity index (χ1) is 11.3. The van der Waals surface area contributed by atoms with Gasteiger partial charge in [-0.2, -0.15) is 5.26 Å². The van der Waals surface area contributed by atoms with E-state index in [1.807, 2.05) is 36.4 Å². The molecule has 1 aliphatic rings. The van der Waals surface area contributed by atoms with Gasteiger partial charge in [-0.05, 0) is 29.3 Å². The number of carbonyl (C=O) groups is 1. The molecule has 1 amide bonds. The Morgan fingerprint density at radius 1 is 1.26 bits per heavy atom. The number of amides is 1. The van der Waals surface area contributed by atoms with Gasteiger partial charge in [0.25, 0.3) is 0 Å². The smallest absolute Gasteiger partial charge is 0.240 e. The quantitative estimate of drug-likeness (QED) is 0.821.